The fourth-order valence-electron chi connectivity index (χ4n) is 2.54. The Labute approximate surface area is 161 Å². The van der Waals surface area contributed by atoms with Gasteiger partial charge in [0.05, 0.1) is 23.8 Å². The van der Waals surface area contributed by atoms with E-state index >= 15 is 0 Å². The van der Waals surface area contributed by atoms with Gasteiger partial charge in [-0.15, -0.1) is 0 Å². The Hall–Kier alpha value is -3.95. The number of nitrogens with zero attached hydrogens (tertiary/aromatic N) is 4. The number of halogens is 3. The quantitative estimate of drug-likeness (QED) is 0.556. The minimum atomic E-state index is -4.71. The van der Waals surface area contributed by atoms with E-state index in [9.17, 15) is 18.0 Å². The maximum absolute atomic E-state index is 12.5. The monoisotopic (exact) mass is 399 g/mol. The molecule has 0 bridgehead atoms. The number of aromatic nitrogens is 4. The zero-order chi connectivity index (χ0) is 20.4. The van der Waals surface area contributed by atoms with Crippen LogP contribution in [0.3, 0.4) is 0 Å². The Kier molecular flexibility index (Phi) is 4.59. The molecule has 1 N–H and O–H groups in total. The Morgan fingerprint density at radius 3 is 2.41 bits per heavy atom. The van der Waals surface area contributed by atoms with Crippen LogP contribution in [0.15, 0.2) is 71.5 Å². The first-order valence-corrected chi connectivity index (χ1v) is 8.33. The number of anilines is 1. The van der Waals surface area contributed by atoms with Crippen LogP contribution in [0.1, 0.15) is 16.2 Å². The molecule has 0 radical (unpaired) electrons. The number of hydrogen-bond acceptors (Lipinski definition) is 5. The maximum atomic E-state index is 12.5. The fraction of sp³-hybridized carbons (Fsp3) is 0.0526. The van der Waals surface area contributed by atoms with Crippen LogP contribution in [0, 0.1) is 0 Å². The average Bonchev–Trinajstić information content (AvgIpc) is 3.38. The van der Waals surface area contributed by atoms with Crippen molar-refractivity contribution in [2.75, 3.05) is 5.32 Å². The predicted octanol–water partition coefficient (Wildman–Crippen LogP) is 4.19. The van der Waals surface area contributed by atoms with E-state index in [0.29, 0.717) is 11.3 Å². The Balaban J connectivity index is 1.46. The predicted molar refractivity (Wildman–Crippen MR) is 96.3 cm³/mol. The summed E-state index contributed by atoms with van der Waals surface area (Å²) in [6.07, 6.45) is -1.54. The van der Waals surface area contributed by atoms with E-state index in [1.54, 1.807) is 10.9 Å². The Morgan fingerprint density at radius 1 is 1.03 bits per heavy atom. The molecule has 2 aromatic heterocycles. The molecule has 1 amide bonds. The molecule has 0 fully saturated rings. The molecule has 0 aliphatic rings. The summed E-state index contributed by atoms with van der Waals surface area (Å²) in [4.78, 5) is 15.7. The van der Waals surface area contributed by atoms with Crippen LogP contribution in [0.4, 0.5) is 18.9 Å². The molecular formula is C19H12F3N5O2. The van der Waals surface area contributed by atoms with Crippen LogP contribution in [0.5, 0.6) is 0 Å². The number of nitrogens with one attached hydrogen (secondary N) is 1. The zero-order valence-corrected chi connectivity index (χ0v) is 14.6. The lowest BCUT2D eigenvalue weighted by Gasteiger charge is -2.03. The molecule has 0 aliphatic carbocycles. The molecule has 10 heteroatoms. The molecule has 29 heavy (non-hydrogen) atoms. The number of alkyl halides is 3. The average molecular weight is 399 g/mol. The van der Waals surface area contributed by atoms with Crippen molar-refractivity contribution >= 4 is 11.6 Å². The first-order chi connectivity index (χ1) is 13.9. The third-order valence-corrected chi connectivity index (χ3v) is 3.94. The van der Waals surface area contributed by atoms with Crippen LogP contribution in [-0.4, -0.2) is 25.8 Å². The number of hydrogen-bond donors (Lipinski definition) is 1. The minimum absolute atomic E-state index is 0.214. The van der Waals surface area contributed by atoms with Gasteiger partial charge in [-0.05, 0) is 24.3 Å². The summed E-state index contributed by atoms with van der Waals surface area (Å²) in [5.41, 5.74) is 1.94. The lowest BCUT2D eigenvalue weighted by atomic mass is 10.1. The van der Waals surface area contributed by atoms with E-state index in [0.717, 1.165) is 5.69 Å². The number of amides is 1. The summed E-state index contributed by atoms with van der Waals surface area (Å²) in [6.45, 7) is 0. The smallest absolute Gasteiger partial charge is 0.329 e. The summed E-state index contributed by atoms with van der Waals surface area (Å²) >= 11 is 0. The van der Waals surface area contributed by atoms with Gasteiger partial charge in [-0.25, -0.2) is 4.68 Å². The summed E-state index contributed by atoms with van der Waals surface area (Å²) in [6, 6.07) is 15.2. The highest BCUT2D eigenvalue weighted by Crippen LogP contribution is 2.29. The third kappa shape index (κ3) is 4.00. The highest BCUT2D eigenvalue weighted by molar-refractivity contribution is 6.04. The molecule has 2 aromatic carbocycles. The van der Waals surface area contributed by atoms with E-state index in [1.165, 1.54) is 30.5 Å². The van der Waals surface area contributed by atoms with Crippen molar-refractivity contribution in [3.63, 3.8) is 0 Å². The Morgan fingerprint density at radius 2 is 1.76 bits per heavy atom. The van der Waals surface area contributed by atoms with E-state index in [-0.39, 0.29) is 11.4 Å². The van der Waals surface area contributed by atoms with Crippen molar-refractivity contribution in [3.05, 3.63) is 78.4 Å². The van der Waals surface area contributed by atoms with Crippen molar-refractivity contribution < 1.29 is 22.5 Å². The maximum Gasteiger partial charge on any atom is 0.471 e. The lowest BCUT2D eigenvalue weighted by Crippen LogP contribution is -2.11. The molecule has 4 aromatic rings. The molecule has 7 nitrogen and oxygen atoms in total. The molecular weight excluding hydrogens is 387 g/mol. The van der Waals surface area contributed by atoms with Gasteiger partial charge in [0, 0.05) is 11.1 Å². The molecule has 0 aliphatic heterocycles. The zero-order valence-electron chi connectivity index (χ0n) is 14.6. The molecule has 0 atom stereocenters. The van der Waals surface area contributed by atoms with E-state index < -0.39 is 18.0 Å². The molecule has 0 saturated carbocycles. The van der Waals surface area contributed by atoms with Gasteiger partial charge in [0.2, 0.25) is 5.82 Å². The first kappa shape index (κ1) is 18.4. The van der Waals surface area contributed by atoms with Crippen LogP contribution in [-0.2, 0) is 6.18 Å². The number of para-hydroxylation sites is 1. The van der Waals surface area contributed by atoms with Crippen molar-refractivity contribution in [1.82, 2.24) is 19.9 Å². The van der Waals surface area contributed by atoms with Crippen LogP contribution in [0.2, 0.25) is 0 Å². The van der Waals surface area contributed by atoms with Gasteiger partial charge >= 0.3 is 12.1 Å². The van der Waals surface area contributed by atoms with E-state index in [1.807, 2.05) is 30.3 Å². The van der Waals surface area contributed by atoms with E-state index in [2.05, 4.69) is 25.1 Å². The Bertz CT molecular complexity index is 1130. The van der Waals surface area contributed by atoms with Gasteiger partial charge in [0.25, 0.3) is 5.91 Å². The van der Waals surface area contributed by atoms with Gasteiger partial charge < -0.3 is 9.84 Å². The summed E-state index contributed by atoms with van der Waals surface area (Å²) < 4.78 is 43.5. The summed E-state index contributed by atoms with van der Waals surface area (Å²) in [7, 11) is 0. The lowest BCUT2D eigenvalue weighted by molar-refractivity contribution is -0.159. The second-order valence-corrected chi connectivity index (χ2v) is 5.96. The number of carbonyl (C=O) groups excluding carboxylic acids is 1. The molecule has 0 unspecified atom stereocenters. The van der Waals surface area contributed by atoms with Crippen molar-refractivity contribution in [2.24, 2.45) is 0 Å². The van der Waals surface area contributed by atoms with Crippen molar-refractivity contribution in [3.8, 4) is 17.1 Å². The van der Waals surface area contributed by atoms with Gasteiger partial charge in [-0.1, -0.05) is 35.5 Å². The normalized spacial score (nSPS) is 11.4. The van der Waals surface area contributed by atoms with Crippen LogP contribution in [0.25, 0.3) is 17.1 Å². The molecule has 2 heterocycles. The van der Waals surface area contributed by atoms with Crippen molar-refractivity contribution in [1.29, 1.82) is 0 Å². The number of carbonyl (C=O) groups is 1. The van der Waals surface area contributed by atoms with Crippen LogP contribution >= 0.6 is 0 Å². The van der Waals surface area contributed by atoms with Gasteiger partial charge in [0.15, 0.2) is 0 Å². The van der Waals surface area contributed by atoms with Gasteiger partial charge in [0.1, 0.15) is 0 Å². The largest absolute Gasteiger partial charge is 0.471 e. The minimum Gasteiger partial charge on any atom is -0.329 e. The SMILES string of the molecule is O=C(Nc1cnn(-c2ccccc2)c1)c1ccc(-c2noc(C(F)(F)F)n2)cc1. The highest BCUT2D eigenvalue weighted by Gasteiger charge is 2.38. The second kappa shape index (κ2) is 7.23. The molecule has 146 valence electrons. The van der Waals surface area contributed by atoms with E-state index in [4.69, 9.17) is 0 Å². The number of rotatable bonds is 4. The third-order valence-electron chi connectivity index (χ3n) is 3.94. The number of benzene rings is 2. The summed E-state index contributed by atoms with van der Waals surface area (Å²) in [5.74, 6) is -2.04. The second-order valence-electron chi connectivity index (χ2n) is 5.96. The van der Waals surface area contributed by atoms with Crippen molar-refractivity contribution in [2.45, 2.75) is 6.18 Å². The molecule has 0 spiro atoms. The molecule has 4 rings (SSSR count). The van der Waals surface area contributed by atoms with Gasteiger partial charge in [-0.3, -0.25) is 4.79 Å². The standard InChI is InChI=1S/C19H12F3N5O2/c20-19(21,22)18-25-16(26-29-18)12-6-8-13(9-7-12)17(28)24-14-10-23-27(11-14)15-4-2-1-3-5-15/h1-11H,(H,24,28). The first-order valence-electron chi connectivity index (χ1n) is 8.33. The topological polar surface area (TPSA) is 85.8 Å². The van der Waals surface area contributed by atoms with Gasteiger partial charge in [-0.2, -0.15) is 23.3 Å². The molecule has 0 saturated heterocycles. The summed E-state index contributed by atoms with van der Waals surface area (Å²) in [5, 5.41) is 10.2. The highest BCUT2D eigenvalue weighted by atomic mass is 19.4. The fourth-order valence-corrected chi connectivity index (χ4v) is 2.54. The van der Waals surface area contributed by atoms with Crippen LogP contribution < -0.4 is 5.32 Å².